The highest BCUT2D eigenvalue weighted by atomic mass is 28.3. The number of hydrogen-bond donors (Lipinski definition) is 1. The van der Waals surface area contributed by atoms with E-state index in [0.717, 1.165) is 0 Å². The molecule has 0 bridgehead atoms. The van der Waals surface area contributed by atoms with Crippen LogP contribution in [0, 0.1) is 0 Å². The summed E-state index contributed by atoms with van der Waals surface area (Å²) in [5, 5.41) is 6.11. The molecule has 0 amide bonds. The summed E-state index contributed by atoms with van der Waals surface area (Å²) in [6, 6.07) is 1.31. The van der Waals surface area contributed by atoms with Crippen molar-refractivity contribution < 1.29 is 0 Å². The van der Waals surface area contributed by atoms with E-state index in [4.69, 9.17) is 5.40 Å². The SMILES string of the molecule is CCCCCCCCCCCCCCC[Si](C)(C)N. The Hall–Kier alpha value is 0.177. The third-order valence-corrected chi connectivity index (χ3v) is 5.57. The van der Waals surface area contributed by atoms with E-state index in [0.29, 0.717) is 0 Å². The fourth-order valence-corrected chi connectivity index (χ4v) is 3.76. The molecule has 0 aromatic heterocycles. The van der Waals surface area contributed by atoms with Gasteiger partial charge in [0.25, 0.3) is 0 Å². The monoisotopic (exact) mass is 285 g/mol. The van der Waals surface area contributed by atoms with Gasteiger partial charge < -0.3 is 5.40 Å². The zero-order valence-electron chi connectivity index (χ0n) is 14.0. The Morgan fingerprint density at radius 1 is 0.579 bits per heavy atom. The first-order valence-corrected chi connectivity index (χ1v) is 12.1. The standard InChI is InChI=1S/C17H39NSi/c1-4-5-6-7-8-9-10-11-12-13-14-15-16-17-19(2,3)18/h4-18H2,1-3H3. The van der Waals surface area contributed by atoms with Gasteiger partial charge in [0.15, 0.2) is 0 Å². The van der Waals surface area contributed by atoms with Crippen LogP contribution in [0.5, 0.6) is 0 Å². The molecule has 0 unspecified atom stereocenters. The second kappa shape index (κ2) is 13.2. The summed E-state index contributed by atoms with van der Waals surface area (Å²) >= 11 is 0. The van der Waals surface area contributed by atoms with E-state index >= 15 is 0 Å². The van der Waals surface area contributed by atoms with Crippen molar-refractivity contribution in [1.82, 2.24) is 0 Å². The average molecular weight is 286 g/mol. The predicted molar refractivity (Wildman–Crippen MR) is 92.2 cm³/mol. The van der Waals surface area contributed by atoms with Crippen LogP contribution in [0.4, 0.5) is 0 Å². The molecule has 0 aliphatic carbocycles. The van der Waals surface area contributed by atoms with Crippen molar-refractivity contribution in [3.63, 3.8) is 0 Å². The topological polar surface area (TPSA) is 26.0 Å². The molecule has 0 radical (unpaired) electrons. The van der Waals surface area contributed by atoms with Gasteiger partial charge in [-0.2, -0.15) is 0 Å². The minimum absolute atomic E-state index is 1.26. The molecule has 0 heterocycles. The van der Waals surface area contributed by atoms with Gasteiger partial charge in [0.2, 0.25) is 0 Å². The van der Waals surface area contributed by atoms with E-state index in [1.165, 1.54) is 89.5 Å². The van der Waals surface area contributed by atoms with Gasteiger partial charge in [0.05, 0.1) is 0 Å². The highest BCUT2D eigenvalue weighted by Crippen LogP contribution is 2.14. The third kappa shape index (κ3) is 18.2. The molecule has 0 atom stereocenters. The summed E-state index contributed by atoms with van der Waals surface area (Å²) in [7, 11) is -1.26. The Morgan fingerprint density at radius 3 is 1.21 bits per heavy atom. The Balaban J connectivity index is 2.99. The number of rotatable bonds is 14. The molecule has 0 saturated carbocycles. The van der Waals surface area contributed by atoms with Crippen LogP contribution in [0.3, 0.4) is 0 Å². The van der Waals surface area contributed by atoms with E-state index in [1.807, 2.05) is 0 Å². The normalized spacial score (nSPS) is 12.0. The summed E-state index contributed by atoms with van der Waals surface area (Å²) in [5.41, 5.74) is 0. The summed E-state index contributed by atoms with van der Waals surface area (Å²) in [4.78, 5) is 0. The van der Waals surface area contributed by atoms with Crippen LogP contribution in [-0.4, -0.2) is 8.24 Å². The summed E-state index contributed by atoms with van der Waals surface area (Å²) in [6.07, 6.45) is 18.7. The van der Waals surface area contributed by atoms with Crippen molar-refractivity contribution in [2.45, 2.75) is 110 Å². The molecule has 1 nitrogen and oxygen atoms in total. The van der Waals surface area contributed by atoms with Gasteiger partial charge in [-0.3, -0.25) is 0 Å². The molecule has 0 spiro atoms. The van der Waals surface area contributed by atoms with Crippen molar-refractivity contribution in [3.8, 4) is 0 Å². The van der Waals surface area contributed by atoms with Crippen molar-refractivity contribution >= 4 is 8.24 Å². The Labute approximate surface area is 123 Å². The zero-order chi connectivity index (χ0) is 14.4. The molecule has 2 N–H and O–H groups in total. The second-order valence-electron chi connectivity index (χ2n) is 6.98. The van der Waals surface area contributed by atoms with Crippen LogP contribution in [0.2, 0.25) is 19.1 Å². The maximum Gasteiger partial charge on any atom is 0.116 e. The van der Waals surface area contributed by atoms with Gasteiger partial charge in [0, 0.05) is 0 Å². The quantitative estimate of drug-likeness (QED) is 0.296. The first-order valence-electron chi connectivity index (χ1n) is 8.85. The lowest BCUT2D eigenvalue weighted by atomic mass is 10.1. The first-order chi connectivity index (χ1) is 9.06. The van der Waals surface area contributed by atoms with Gasteiger partial charge in [-0.1, -0.05) is 103 Å². The van der Waals surface area contributed by atoms with E-state index in [1.54, 1.807) is 0 Å². The Morgan fingerprint density at radius 2 is 0.895 bits per heavy atom. The summed E-state index contributed by atoms with van der Waals surface area (Å²) in [6.45, 7) is 6.83. The van der Waals surface area contributed by atoms with E-state index in [2.05, 4.69) is 20.0 Å². The molecule has 0 aromatic carbocycles. The molecule has 0 rings (SSSR count). The zero-order valence-corrected chi connectivity index (χ0v) is 15.0. The van der Waals surface area contributed by atoms with Crippen LogP contribution in [0.25, 0.3) is 0 Å². The first kappa shape index (κ1) is 19.2. The van der Waals surface area contributed by atoms with Crippen LogP contribution in [0.15, 0.2) is 0 Å². The molecule has 0 aliphatic heterocycles. The lowest BCUT2D eigenvalue weighted by molar-refractivity contribution is 0.542. The van der Waals surface area contributed by atoms with Crippen molar-refractivity contribution in [1.29, 1.82) is 0 Å². The Kier molecular flexibility index (Phi) is 13.3. The van der Waals surface area contributed by atoms with Gasteiger partial charge >= 0.3 is 0 Å². The lowest BCUT2D eigenvalue weighted by Crippen LogP contribution is -2.37. The van der Waals surface area contributed by atoms with Gasteiger partial charge in [-0.25, -0.2) is 0 Å². The van der Waals surface area contributed by atoms with Crippen LogP contribution >= 0.6 is 0 Å². The predicted octanol–water partition coefficient (Wildman–Crippen LogP) is 6.24. The number of unbranched alkanes of at least 4 members (excludes halogenated alkanes) is 12. The largest absolute Gasteiger partial charge is 0.351 e. The van der Waals surface area contributed by atoms with Gasteiger partial charge in [0.1, 0.15) is 8.24 Å². The van der Waals surface area contributed by atoms with Crippen molar-refractivity contribution in [2.24, 2.45) is 5.40 Å². The number of hydrogen-bond acceptors (Lipinski definition) is 1. The van der Waals surface area contributed by atoms with E-state index < -0.39 is 8.24 Å². The molecular formula is C17H39NSi. The molecule has 0 aromatic rings. The fraction of sp³-hybridized carbons (Fsp3) is 1.00. The fourth-order valence-electron chi connectivity index (χ4n) is 2.60. The van der Waals surface area contributed by atoms with Gasteiger partial charge in [-0.15, -0.1) is 0 Å². The molecule has 116 valence electrons. The number of nitrogens with two attached hydrogens (primary N) is 1. The minimum Gasteiger partial charge on any atom is -0.351 e. The van der Waals surface area contributed by atoms with Crippen LogP contribution < -0.4 is 5.40 Å². The molecular weight excluding hydrogens is 246 g/mol. The maximum absolute atomic E-state index is 6.11. The molecule has 0 fully saturated rings. The molecule has 0 saturated heterocycles. The maximum atomic E-state index is 6.11. The highest BCUT2D eigenvalue weighted by Gasteiger charge is 2.12. The van der Waals surface area contributed by atoms with Crippen LogP contribution in [0.1, 0.15) is 90.4 Å². The molecule has 19 heavy (non-hydrogen) atoms. The molecule has 0 aliphatic rings. The van der Waals surface area contributed by atoms with Gasteiger partial charge in [-0.05, 0) is 6.04 Å². The van der Waals surface area contributed by atoms with E-state index in [9.17, 15) is 0 Å². The van der Waals surface area contributed by atoms with Crippen molar-refractivity contribution in [3.05, 3.63) is 0 Å². The third-order valence-electron chi connectivity index (χ3n) is 3.92. The highest BCUT2D eigenvalue weighted by molar-refractivity contribution is 6.74. The smallest absolute Gasteiger partial charge is 0.116 e. The molecule has 2 heteroatoms. The second-order valence-corrected chi connectivity index (χ2v) is 11.5. The average Bonchev–Trinajstić information content (AvgIpc) is 2.34. The lowest BCUT2D eigenvalue weighted by Gasteiger charge is -2.14. The summed E-state index contributed by atoms with van der Waals surface area (Å²) in [5.74, 6) is 0. The minimum atomic E-state index is -1.26. The van der Waals surface area contributed by atoms with Crippen LogP contribution in [-0.2, 0) is 0 Å². The van der Waals surface area contributed by atoms with Crippen molar-refractivity contribution in [2.75, 3.05) is 0 Å². The summed E-state index contributed by atoms with van der Waals surface area (Å²) < 4.78 is 0. The Bertz CT molecular complexity index is 175. The van der Waals surface area contributed by atoms with E-state index in [-0.39, 0.29) is 0 Å².